The lowest BCUT2D eigenvalue weighted by Crippen LogP contribution is -1.85. The van der Waals surface area contributed by atoms with Crippen molar-refractivity contribution in [2.24, 2.45) is 0 Å². The maximum absolute atomic E-state index is 5.77. The van der Waals surface area contributed by atoms with Gasteiger partial charge in [-0.25, -0.2) is 0 Å². The van der Waals surface area contributed by atoms with Gasteiger partial charge in [-0.15, -0.1) is 29.7 Å². The van der Waals surface area contributed by atoms with Crippen LogP contribution in [0.1, 0.15) is 6.92 Å². The normalized spacial score (nSPS) is 12.9. The Morgan fingerprint density at radius 1 is 1.73 bits per heavy atom. The molecule has 0 saturated heterocycles. The molecule has 1 aromatic heterocycles. The van der Waals surface area contributed by atoms with Gasteiger partial charge in [-0.1, -0.05) is 17.7 Å². The van der Waals surface area contributed by atoms with Gasteiger partial charge in [-0.05, 0) is 19.1 Å². The van der Waals surface area contributed by atoms with Crippen molar-refractivity contribution in [1.82, 2.24) is 0 Å². The second-order valence-corrected chi connectivity index (χ2v) is 5.51. The molecule has 0 saturated carbocycles. The number of hydrogen-bond acceptors (Lipinski definition) is 2. The SMILES string of the molecule is C=CC(C)Sc1ccc(Cl)s1. The third-order valence-corrected chi connectivity index (χ3v) is 3.68. The number of thioether (sulfide) groups is 1. The van der Waals surface area contributed by atoms with Crippen molar-refractivity contribution in [1.29, 1.82) is 0 Å². The summed E-state index contributed by atoms with van der Waals surface area (Å²) in [5, 5.41) is 0.463. The molecule has 60 valence electrons. The Kier molecular flexibility index (Phi) is 3.49. The van der Waals surface area contributed by atoms with Gasteiger partial charge >= 0.3 is 0 Å². The standard InChI is InChI=1S/C8H9ClS2/c1-3-6(2)10-8-5-4-7(9)11-8/h3-6H,1H2,2H3. The minimum absolute atomic E-state index is 0.463. The highest BCUT2D eigenvalue weighted by Crippen LogP contribution is 2.32. The van der Waals surface area contributed by atoms with Crippen molar-refractivity contribution in [3.63, 3.8) is 0 Å². The van der Waals surface area contributed by atoms with Crippen LogP contribution in [0.5, 0.6) is 0 Å². The van der Waals surface area contributed by atoms with Crippen molar-refractivity contribution < 1.29 is 0 Å². The largest absolute Gasteiger partial charge is 0.117 e. The zero-order valence-electron chi connectivity index (χ0n) is 6.21. The first kappa shape index (κ1) is 9.17. The molecule has 1 unspecified atom stereocenters. The van der Waals surface area contributed by atoms with Gasteiger partial charge < -0.3 is 0 Å². The molecule has 0 aromatic carbocycles. The Morgan fingerprint density at radius 2 is 2.45 bits per heavy atom. The van der Waals surface area contributed by atoms with Gasteiger partial charge in [0.2, 0.25) is 0 Å². The van der Waals surface area contributed by atoms with Crippen LogP contribution in [-0.2, 0) is 0 Å². The van der Waals surface area contributed by atoms with E-state index in [-0.39, 0.29) is 0 Å². The predicted molar refractivity (Wildman–Crippen MR) is 54.8 cm³/mol. The average Bonchev–Trinajstić information content (AvgIpc) is 2.35. The first-order chi connectivity index (χ1) is 5.22. The molecule has 0 bridgehead atoms. The van der Waals surface area contributed by atoms with Crippen molar-refractivity contribution in [3.05, 3.63) is 29.1 Å². The van der Waals surface area contributed by atoms with E-state index in [4.69, 9.17) is 11.6 Å². The minimum atomic E-state index is 0.463. The quantitative estimate of drug-likeness (QED) is 0.529. The maximum Gasteiger partial charge on any atom is 0.0940 e. The van der Waals surface area contributed by atoms with Gasteiger partial charge in [0, 0.05) is 5.25 Å². The van der Waals surface area contributed by atoms with Crippen LogP contribution in [0, 0.1) is 0 Å². The van der Waals surface area contributed by atoms with E-state index in [9.17, 15) is 0 Å². The van der Waals surface area contributed by atoms with E-state index in [1.165, 1.54) is 4.21 Å². The molecule has 0 aliphatic rings. The smallest absolute Gasteiger partial charge is 0.0940 e. The molecular formula is C8H9ClS2. The molecule has 11 heavy (non-hydrogen) atoms. The summed E-state index contributed by atoms with van der Waals surface area (Å²) in [7, 11) is 0. The molecule has 0 N–H and O–H groups in total. The van der Waals surface area contributed by atoms with Gasteiger partial charge in [-0.3, -0.25) is 0 Å². The van der Waals surface area contributed by atoms with Crippen molar-refractivity contribution in [2.75, 3.05) is 0 Å². The lowest BCUT2D eigenvalue weighted by Gasteiger charge is -2.00. The molecule has 1 heterocycles. The number of rotatable bonds is 3. The average molecular weight is 205 g/mol. The van der Waals surface area contributed by atoms with Crippen LogP contribution in [0.3, 0.4) is 0 Å². The van der Waals surface area contributed by atoms with Gasteiger partial charge in [0.1, 0.15) is 0 Å². The number of halogens is 1. The molecule has 0 fully saturated rings. The summed E-state index contributed by atoms with van der Waals surface area (Å²) < 4.78 is 2.10. The molecular weight excluding hydrogens is 196 g/mol. The highest BCUT2D eigenvalue weighted by atomic mass is 35.5. The Morgan fingerprint density at radius 3 is 2.91 bits per heavy atom. The molecule has 0 spiro atoms. The second kappa shape index (κ2) is 4.19. The van der Waals surface area contributed by atoms with Crippen LogP contribution in [0.4, 0.5) is 0 Å². The molecule has 0 aliphatic heterocycles. The number of thiophene rings is 1. The van der Waals surface area contributed by atoms with E-state index in [0.717, 1.165) is 4.34 Å². The first-order valence-corrected chi connectivity index (χ1v) is 5.34. The lowest BCUT2D eigenvalue weighted by molar-refractivity contribution is 1.25. The van der Waals surface area contributed by atoms with Crippen LogP contribution in [-0.4, -0.2) is 5.25 Å². The predicted octanol–water partition coefficient (Wildman–Crippen LogP) is 4.07. The van der Waals surface area contributed by atoms with E-state index in [2.05, 4.69) is 13.5 Å². The van der Waals surface area contributed by atoms with Crippen molar-refractivity contribution >= 4 is 34.7 Å². The highest BCUT2D eigenvalue weighted by molar-refractivity contribution is 8.01. The summed E-state index contributed by atoms with van der Waals surface area (Å²) >= 11 is 9.16. The van der Waals surface area contributed by atoms with Crippen LogP contribution in [0.15, 0.2) is 29.0 Å². The van der Waals surface area contributed by atoms with Crippen LogP contribution >= 0.6 is 34.7 Å². The van der Waals surface area contributed by atoms with E-state index in [1.54, 1.807) is 23.1 Å². The molecule has 3 heteroatoms. The third kappa shape index (κ3) is 2.89. The summed E-state index contributed by atoms with van der Waals surface area (Å²) in [5.41, 5.74) is 0. The van der Waals surface area contributed by atoms with E-state index in [0.29, 0.717) is 5.25 Å². The molecule has 1 aromatic rings. The Hall–Kier alpha value is 0.0800. The molecule has 0 amide bonds. The van der Waals surface area contributed by atoms with Crippen LogP contribution < -0.4 is 0 Å². The fraction of sp³-hybridized carbons (Fsp3) is 0.250. The lowest BCUT2D eigenvalue weighted by atomic mass is 10.5. The second-order valence-electron chi connectivity index (χ2n) is 2.12. The first-order valence-electron chi connectivity index (χ1n) is 3.27. The highest BCUT2D eigenvalue weighted by Gasteiger charge is 2.01. The zero-order valence-corrected chi connectivity index (χ0v) is 8.60. The molecule has 0 radical (unpaired) electrons. The third-order valence-electron chi connectivity index (χ3n) is 1.18. The van der Waals surface area contributed by atoms with E-state index < -0.39 is 0 Å². The topological polar surface area (TPSA) is 0 Å². The summed E-state index contributed by atoms with van der Waals surface area (Å²) in [4.78, 5) is 0. The molecule has 0 aliphatic carbocycles. The fourth-order valence-corrected chi connectivity index (χ4v) is 3.03. The van der Waals surface area contributed by atoms with E-state index >= 15 is 0 Å². The summed E-state index contributed by atoms with van der Waals surface area (Å²) in [6.45, 7) is 5.83. The van der Waals surface area contributed by atoms with Crippen molar-refractivity contribution in [2.45, 2.75) is 16.4 Å². The Bertz CT molecular complexity index is 242. The molecule has 0 nitrogen and oxygen atoms in total. The monoisotopic (exact) mass is 204 g/mol. The maximum atomic E-state index is 5.77. The Labute approximate surface area is 80.3 Å². The summed E-state index contributed by atoms with van der Waals surface area (Å²) in [6.07, 6.45) is 1.93. The van der Waals surface area contributed by atoms with Gasteiger partial charge in [0.05, 0.1) is 8.55 Å². The van der Waals surface area contributed by atoms with Gasteiger partial charge in [-0.2, -0.15) is 0 Å². The summed E-state index contributed by atoms with van der Waals surface area (Å²) in [6, 6.07) is 3.96. The van der Waals surface area contributed by atoms with Crippen molar-refractivity contribution in [3.8, 4) is 0 Å². The van der Waals surface area contributed by atoms with Gasteiger partial charge in [0.25, 0.3) is 0 Å². The fourth-order valence-electron chi connectivity index (χ4n) is 0.592. The minimum Gasteiger partial charge on any atom is -0.117 e. The van der Waals surface area contributed by atoms with Crippen LogP contribution in [0.2, 0.25) is 4.34 Å². The van der Waals surface area contributed by atoms with E-state index in [1.807, 2.05) is 18.2 Å². The van der Waals surface area contributed by atoms with Crippen LogP contribution in [0.25, 0.3) is 0 Å². The molecule has 1 atom stereocenters. The molecule has 1 rings (SSSR count). The summed E-state index contributed by atoms with van der Waals surface area (Å²) in [5.74, 6) is 0. The van der Waals surface area contributed by atoms with Gasteiger partial charge in [0.15, 0.2) is 0 Å². The Balaban J connectivity index is 2.57. The number of hydrogen-bond donors (Lipinski definition) is 0. The zero-order chi connectivity index (χ0) is 8.27.